The highest BCUT2D eigenvalue weighted by Gasteiger charge is 2.19. The minimum absolute atomic E-state index is 0.304. The van der Waals surface area contributed by atoms with Crippen LogP contribution in [0.3, 0.4) is 0 Å². The van der Waals surface area contributed by atoms with Gasteiger partial charge in [-0.3, -0.25) is 0 Å². The third-order valence-corrected chi connectivity index (χ3v) is 2.41. The second-order valence-electron chi connectivity index (χ2n) is 4.49. The van der Waals surface area contributed by atoms with Gasteiger partial charge in [-0.15, -0.1) is 0 Å². The number of nitrogens with one attached hydrogen (secondary N) is 1. The number of para-hydroxylation sites is 1. The van der Waals surface area contributed by atoms with Gasteiger partial charge in [0.15, 0.2) is 0 Å². The molecule has 0 bridgehead atoms. The zero-order valence-electron chi connectivity index (χ0n) is 11.2. The predicted octanol–water partition coefficient (Wildman–Crippen LogP) is 1.44. The van der Waals surface area contributed by atoms with Crippen LogP contribution in [0.25, 0.3) is 0 Å². The number of rotatable bonds is 9. The fourth-order valence-corrected chi connectivity index (χ4v) is 1.47. The van der Waals surface area contributed by atoms with E-state index in [0.717, 1.165) is 12.3 Å². The van der Waals surface area contributed by atoms with E-state index in [0.29, 0.717) is 26.4 Å². The van der Waals surface area contributed by atoms with Gasteiger partial charge >= 0.3 is 0 Å². The fourth-order valence-electron chi connectivity index (χ4n) is 1.47. The summed E-state index contributed by atoms with van der Waals surface area (Å²) in [4.78, 5) is 0. The van der Waals surface area contributed by atoms with Crippen molar-refractivity contribution < 1.29 is 14.6 Å². The molecule has 0 aliphatic rings. The molecule has 1 aromatic carbocycles. The van der Waals surface area contributed by atoms with Gasteiger partial charge in [-0.25, -0.2) is 0 Å². The van der Waals surface area contributed by atoms with Gasteiger partial charge < -0.3 is 19.9 Å². The van der Waals surface area contributed by atoms with Crippen LogP contribution in [-0.4, -0.2) is 43.6 Å². The van der Waals surface area contributed by atoms with E-state index in [-0.39, 0.29) is 0 Å². The second-order valence-corrected chi connectivity index (χ2v) is 4.49. The van der Waals surface area contributed by atoms with Crippen LogP contribution >= 0.6 is 0 Å². The first-order chi connectivity index (χ1) is 8.64. The molecular formula is C14H23NO3. The summed E-state index contributed by atoms with van der Waals surface area (Å²) in [5.74, 6) is 0.834. The highest BCUT2D eigenvalue weighted by atomic mass is 16.5. The van der Waals surface area contributed by atoms with E-state index in [4.69, 9.17) is 9.47 Å². The van der Waals surface area contributed by atoms with Gasteiger partial charge in [0.1, 0.15) is 12.4 Å². The molecule has 4 nitrogen and oxygen atoms in total. The van der Waals surface area contributed by atoms with E-state index >= 15 is 0 Å². The molecule has 1 unspecified atom stereocenters. The molecule has 1 rings (SSSR count). The highest BCUT2D eigenvalue weighted by Crippen LogP contribution is 2.08. The number of likely N-dealkylation sites (N-methyl/N-ethyl adjacent to an activating group) is 1. The normalized spacial score (nSPS) is 14.2. The summed E-state index contributed by atoms with van der Waals surface area (Å²) in [7, 11) is 0. The standard InChI is InChI=1S/C14H23NO3/c1-3-15-11-14(2,16)12-17-9-10-18-13-7-5-4-6-8-13/h4-8,15-16H,3,9-12H2,1-2H3. The van der Waals surface area contributed by atoms with Crippen LogP contribution in [0.5, 0.6) is 5.75 Å². The Balaban J connectivity index is 2.08. The minimum atomic E-state index is -0.831. The number of benzene rings is 1. The van der Waals surface area contributed by atoms with Crippen LogP contribution in [-0.2, 0) is 4.74 Å². The first-order valence-electron chi connectivity index (χ1n) is 6.33. The van der Waals surface area contributed by atoms with Crippen molar-refractivity contribution in [2.45, 2.75) is 19.4 Å². The van der Waals surface area contributed by atoms with Gasteiger partial charge in [0.2, 0.25) is 0 Å². The number of hydrogen-bond acceptors (Lipinski definition) is 4. The highest BCUT2D eigenvalue weighted by molar-refractivity contribution is 5.20. The van der Waals surface area contributed by atoms with Gasteiger partial charge in [-0.05, 0) is 25.6 Å². The molecule has 0 aromatic heterocycles. The molecular weight excluding hydrogens is 230 g/mol. The zero-order chi connectivity index (χ0) is 13.3. The Labute approximate surface area is 109 Å². The third kappa shape index (κ3) is 6.59. The Kier molecular flexibility index (Phi) is 6.72. The van der Waals surface area contributed by atoms with Crippen LogP contribution in [0.1, 0.15) is 13.8 Å². The minimum Gasteiger partial charge on any atom is -0.491 e. The van der Waals surface area contributed by atoms with Crippen LogP contribution in [0.2, 0.25) is 0 Å². The van der Waals surface area contributed by atoms with E-state index in [1.807, 2.05) is 37.3 Å². The summed E-state index contributed by atoms with van der Waals surface area (Å²) in [6.07, 6.45) is 0. The topological polar surface area (TPSA) is 50.7 Å². The van der Waals surface area contributed by atoms with Crippen molar-refractivity contribution in [3.8, 4) is 5.75 Å². The molecule has 0 heterocycles. The van der Waals surface area contributed by atoms with Crippen molar-refractivity contribution in [3.05, 3.63) is 30.3 Å². The van der Waals surface area contributed by atoms with E-state index in [9.17, 15) is 5.11 Å². The van der Waals surface area contributed by atoms with E-state index in [1.165, 1.54) is 0 Å². The molecule has 4 heteroatoms. The summed E-state index contributed by atoms with van der Waals surface area (Å²) in [6, 6.07) is 9.61. The summed E-state index contributed by atoms with van der Waals surface area (Å²) >= 11 is 0. The largest absolute Gasteiger partial charge is 0.491 e. The molecule has 0 spiro atoms. The lowest BCUT2D eigenvalue weighted by Gasteiger charge is -2.23. The monoisotopic (exact) mass is 253 g/mol. The Bertz CT molecular complexity index is 314. The van der Waals surface area contributed by atoms with Gasteiger partial charge in [0.05, 0.1) is 18.8 Å². The second kappa shape index (κ2) is 8.08. The smallest absolute Gasteiger partial charge is 0.119 e. The van der Waals surface area contributed by atoms with E-state index in [1.54, 1.807) is 6.92 Å². The first-order valence-corrected chi connectivity index (χ1v) is 6.33. The maximum absolute atomic E-state index is 9.93. The van der Waals surface area contributed by atoms with Crippen molar-refractivity contribution in [1.29, 1.82) is 0 Å². The lowest BCUT2D eigenvalue weighted by molar-refractivity contribution is -0.0375. The lowest BCUT2D eigenvalue weighted by atomic mass is 10.1. The van der Waals surface area contributed by atoms with Crippen molar-refractivity contribution in [1.82, 2.24) is 5.32 Å². The molecule has 1 atom stereocenters. The molecule has 0 saturated carbocycles. The molecule has 0 aliphatic carbocycles. The van der Waals surface area contributed by atoms with Gasteiger partial charge in [-0.2, -0.15) is 0 Å². The summed E-state index contributed by atoms with van der Waals surface area (Å²) in [5.41, 5.74) is -0.831. The van der Waals surface area contributed by atoms with Gasteiger partial charge in [-0.1, -0.05) is 25.1 Å². The molecule has 18 heavy (non-hydrogen) atoms. The Morgan fingerprint density at radius 2 is 1.94 bits per heavy atom. The Hall–Kier alpha value is -1.10. The molecule has 2 N–H and O–H groups in total. The lowest BCUT2D eigenvalue weighted by Crippen LogP contribution is -2.42. The van der Waals surface area contributed by atoms with Crippen molar-refractivity contribution >= 4 is 0 Å². The quantitative estimate of drug-likeness (QED) is 0.654. The average molecular weight is 253 g/mol. The molecule has 1 aromatic rings. The molecule has 0 radical (unpaired) electrons. The molecule has 0 amide bonds. The van der Waals surface area contributed by atoms with E-state index in [2.05, 4.69) is 5.32 Å². The predicted molar refractivity (Wildman–Crippen MR) is 71.9 cm³/mol. The van der Waals surface area contributed by atoms with Gasteiger partial charge in [0.25, 0.3) is 0 Å². The number of ether oxygens (including phenoxy) is 2. The number of aliphatic hydroxyl groups is 1. The van der Waals surface area contributed by atoms with Crippen molar-refractivity contribution in [2.24, 2.45) is 0 Å². The van der Waals surface area contributed by atoms with E-state index < -0.39 is 5.60 Å². The average Bonchev–Trinajstić information content (AvgIpc) is 2.37. The Morgan fingerprint density at radius 1 is 1.22 bits per heavy atom. The van der Waals surface area contributed by atoms with Gasteiger partial charge in [0, 0.05) is 6.54 Å². The zero-order valence-corrected chi connectivity index (χ0v) is 11.2. The summed E-state index contributed by atoms with van der Waals surface area (Å²) < 4.78 is 10.9. The Morgan fingerprint density at radius 3 is 2.61 bits per heavy atom. The van der Waals surface area contributed by atoms with Crippen LogP contribution in [0, 0.1) is 0 Å². The van der Waals surface area contributed by atoms with Crippen LogP contribution in [0.15, 0.2) is 30.3 Å². The maximum Gasteiger partial charge on any atom is 0.119 e. The maximum atomic E-state index is 9.93. The fraction of sp³-hybridized carbons (Fsp3) is 0.571. The molecule has 0 fully saturated rings. The van der Waals surface area contributed by atoms with Crippen molar-refractivity contribution in [2.75, 3.05) is 32.9 Å². The number of hydrogen-bond donors (Lipinski definition) is 2. The summed E-state index contributed by atoms with van der Waals surface area (Å²) in [5, 5.41) is 13.0. The summed E-state index contributed by atoms with van der Waals surface area (Å²) in [6.45, 7) is 6.39. The van der Waals surface area contributed by atoms with Crippen LogP contribution < -0.4 is 10.1 Å². The third-order valence-electron chi connectivity index (χ3n) is 2.41. The van der Waals surface area contributed by atoms with Crippen molar-refractivity contribution in [3.63, 3.8) is 0 Å². The molecule has 0 saturated heterocycles. The SMILES string of the molecule is CCNCC(C)(O)COCCOc1ccccc1. The van der Waals surface area contributed by atoms with Crippen LogP contribution in [0.4, 0.5) is 0 Å². The first kappa shape index (κ1) is 15.0. The molecule has 0 aliphatic heterocycles. The molecule has 102 valence electrons.